The van der Waals surface area contributed by atoms with Gasteiger partial charge in [0, 0.05) is 37.8 Å². The van der Waals surface area contributed by atoms with E-state index < -0.39 is 0 Å². The molecule has 1 aromatic rings. The van der Waals surface area contributed by atoms with Crippen molar-refractivity contribution in [2.75, 3.05) is 31.5 Å². The van der Waals surface area contributed by atoms with Gasteiger partial charge in [0.25, 0.3) is 0 Å². The van der Waals surface area contributed by atoms with Crippen molar-refractivity contribution < 1.29 is 9.59 Å². The summed E-state index contributed by atoms with van der Waals surface area (Å²) in [5.41, 5.74) is 6.39. The molecule has 166 valence electrons. The molecule has 0 bridgehead atoms. The van der Waals surface area contributed by atoms with E-state index in [1.165, 1.54) is 17.5 Å². The van der Waals surface area contributed by atoms with Crippen LogP contribution in [0.4, 0.5) is 10.5 Å². The highest BCUT2D eigenvalue weighted by molar-refractivity contribution is 5.91. The first-order valence-corrected chi connectivity index (χ1v) is 11.6. The van der Waals surface area contributed by atoms with Crippen LogP contribution in [0.15, 0.2) is 18.2 Å². The van der Waals surface area contributed by atoms with Gasteiger partial charge in [0.1, 0.15) is 0 Å². The van der Waals surface area contributed by atoms with E-state index in [4.69, 9.17) is 0 Å². The van der Waals surface area contributed by atoms with E-state index in [1.807, 2.05) is 4.90 Å². The lowest BCUT2D eigenvalue weighted by Crippen LogP contribution is -2.50. The molecule has 2 heterocycles. The van der Waals surface area contributed by atoms with Crippen LogP contribution in [0.25, 0.3) is 0 Å². The van der Waals surface area contributed by atoms with Crippen molar-refractivity contribution in [2.24, 2.45) is 5.92 Å². The number of para-hydroxylation sites is 1. The summed E-state index contributed by atoms with van der Waals surface area (Å²) in [6, 6.07) is 6.22. The highest BCUT2D eigenvalue weighted by atomic mass is 16.2. The lowest BCUT2D eigenvalue weighted by Gasteiger charge is -2.34. The van der Waals surface area contributed by atoms with E-state index in [0.29, 0.717) is 24.9 Å². The smallest absolute Gasteiger partial charge is 0.321 e. The second-order valence-electron chi connectivity index (χ2n) is 9.34. The van der Waals surface area contributed by atoms with Gasteiger partial charge in [-0.15, -0.1) is 0 Å². The van der Waals surface area contributed by atoms with Crippen molar-refractivity contribution in [3.05, 3.63) is 29.3 Å². The predicted octanol–water partition coefficient (Wildman–Crippen LogP) is 4.69. The predicted molar refractivity (Wildman–Crippen MR) is 122 cm³/mol. The minimum Gasteiger partial charge on any atom is -0.324 e. The molecule has 6 nitrogen and oxygen atoms in total. The minimum atomic E-state index is -0.0557. The molecular weight excluding hydrogens is 376 g/mol. The molecule has 30 heavy (non-hydrogen) atoms. The monoisotopic (exact) mass is 414 g/mol. The Bertz CT molecular complexity index is 706. The van der Waals surface area contributed by atoms with E-state index in [2.05, 4.69) is 61.6 Å². The zero-order chi connectivity index (χ0) is 21.7. The average molecular weight is 415 g/mol. The Hall–Kier alpha value is -2.08. The summed E-state index contributed by atoms with van der Waals surface area (Å²) in [6.07, 6.45) is 4.98. The largest absolute Gasteiger partial charge is 0.324 e. The molecule has 0 radical (unpaired) electrons. The number of carbonyl (C=O) groups is 2. The van der Waals surface area contributed by atoms with Gasteiger partial charge in [-0.3, -0.25) is 10.2 Å². The van der Waals surface area contributed by atoms with Gasteiger partial charge in [0.05, 0.1) is 0 Å². The second-order valence-corrected chi connectivity index (χ2v) is 9.34. The zero-order valence-corrected chi connectivity index (χ0v) is 19.0. The van der Waals surface area contributed by atoms with Gasteiger partial charge in [0.2, 0.25) is 5.91 Å². The summed E-state index contributed by atoms with van der Waals surface area (Å²) in [4.78, 5) is 27.5. The fraction of sp³-hybridized carbons (Fsp3) is 0.667. The normalized spacial score (nSPS) is 18.7. The molecule has 0 spiro atoms. The number of rotatable bonds is 5. The molecule has 1 aromatic carbocycles. The van der Waals surface area contributed by atoms with Gasteiger partial charge in [-0.25, -0.2) is 9.80 Å². The maximum atomic E-state index is 13.0. The lowest BCUT2D eigenvalue weighted by molar-refractivity contribution is -0.131. The highest BCUT2D eigenvalue weighted by Gasteiger charge is 2.29. The van der Waals surface area contributed by atoms with Gasteiger partial charge >= 0.3 is 6.03 Å². The number of hydrogen-bond donors (Lipinski definition) is 2. The third-order valence-corrected chi connectivity index (χ3v) is 6.38. The molecule has 2 aliphatic rings. The minimum absolute atomic E-state index is 0.00912. The van der Waals surface area contributed by atoms with Crippen LogP contribution < -0.4 is 10.7 Å². The highest BCUT2D eigenvalue weighted by Crippen LogP contribution is 2.33. The number of amides is 3. The van der Waals surface area contributed by atoms with Crippen LogP contribution in [0.3, 0.4) is 0 Å². The van der Waals surface area contributed by atoms with Gasteiger partial charge in [-0.05, 0) is 48.6 Å². The van der Waals surface area contributed by atoms with E-state index in [1.54, 1.807) is 0 Å². The molecule has 3 amide bonds. The van der Waals surface area contributed by atoms with Crippen LogP contribution in [-0.4, -0.2) is 48.0 Å². The molecule has 2 fully saturated rings. The molecular formula is C24H38N4O2. The lowest BCUT2D eigenvalue weighted by atomic mass is 9.92. The van der Waals surface area contributed by atoms with Gasteiger partial charge < -0.3 is 10.2 Å². The van der Waals surface area contributed by atoms with Crippen molar-refractivity contribution in [3.8, 4) is 0 Å². The van der Waals surface area contributed by atoms with Gasteiger partial charge in [0.15, 0.2) is 0 Å². The standard InChI is InChI=1S/C24H38N4O2/c1-17(2)20-9-8-10-21(18(3)4)22(20)25-24(30)27-15-11-19(12-16-27)23(29)26-28-13-6-5-7-14-28/h8-10,17-19H,5-7,11-16H2,1-4H3,(H,25,30)(H,26,29). The molecule has 0 saturated carbocycles. The van der Waals surface area contributed by atoms with Crippen LogP contribution in [0.5, 0.6) is 0 Å². The summed E-state index contributed by atoms with van der Waals surface area (Å²) in [7, 11) is 0. The van der Waals surface area contributed by atoms with Crippen LogP contribution >= 0.6 is 0 Å². The quantitative estimate of drug-likeness (QED) is 0.734. The second kappa shape index (κ2) is 10.3. The van der Waals surface area contributed by atoms with Crippen molar-refractivity contribution in [1.29, 1.82) is 0 Å². The van der Waals surface area contributed by atoms with Crippen LogP contribution in [-0.2, 0) is 4.79 Å². The number of hydrazine groups is 1. The summed E-state index contributed by atoms with van der Waals surface area (Å²) in [5, 5.41) is 5.26. The van der Waals surface area contributed by atoms with E-state index in [-0.39, 0.29) is 17.9 Å². The number of anilines is 1. The van der Waals surface area contributed by atoms with Crippen LogP contribution in [0.1, 0.15) is 82.8 Å². The third-order valence-electron chi connectivity index (χ3n) is 6.38. The number of likely N-dealkylation sites (tertiary alicyclic amines) is 1. The Kier molecular flexibility index (Phi) is 7.75. The Morgan fingerprint density at radius 2 is 1.47 bits per heavy atom. The first-order valence-electron chi connectivity index (χ1n) is 11.6. The van der Waals surface area contributed by atoms with Crippen molar-refractivity contribution in [1.82, 2.24) is 15.3 Å². The molecule has 0 unspecified atom stereocenters. The Morgan fingerprint density at radius 3 is 2.00 bits per heavy atom. The zero-order valence-electron chi connectivity index (χ0n) is 19.0. The SMILES string of the molecule is CC(C)c1cccc(C(C)C)c1NC(=O)N1CCC(C(=O)NN2CCCCC2)CC1. The number of nitrogens with one attached hydrogen (secondary N) is 2. The average Bonchev–Trinajstić information content (AvgIpc) is 2.74. The van der Waals surface area contributed by atoms with Crippen molar-refractivity contribution >= 4 is 17.6 Å². The number of piperidine rings is 2. The molecule has 0 aliphatic carbocycles. The first-order chi connectivity index (χ1) is 14.4. The van der Waals surface area contributed by atoms with Gasteiger partial charge in [-0.2, -0.15) is 0 Å². The summed E-state index contributed by atoms with van der Waals surface area (Å²) in [6.45, 7) is 11.7. The van der Waals surface area contributed by atoms with Crippen LogP contribution in [0.2, 0.25) is 0 Å². The van der Waals surface area contributed by atoms with E-state index in [9.17, 15) is 9.59 Å². The Morgan fingerprint density at radius 1 is 0.900 bits per heavy atom. The van der Waals surface area contributed by atoms with E-state index in [0.717, 1.165) is 44.5 Å². The topological polar surface area (TPSA) is 64.7 Å². The summed E-state index contributed by atoms with van der Waals surface area (Å²) >= 11 is 0. The Labute approximate surface area is 181 Å². The number of benzene rings is 1. The fourth-order valence-corrected chi connectivity index (χ4v) is 4.48. The number of urea groups is 1. The molecule has 3 rings (SSSR count). The van der Waals surface area contributed by atoms with E-state index >= 15 is 0 Å². The van der Waals surface area contributed by atoms with Crippen molar-refractivity contribution in [2.45, 2.75) is 71.6 Å². The van der Waals surface area contributed by atoms with Crippen LogP contribution in [0, 0.1) is 5.92 Å². The number of nitrogens with zero attached hydrogens (tertiary/aromatic N) is 2. The summed E-state index contributed by atoms with van der Waals surface area (Å²) in [5.74, 6) is 0.779. The molecule has 2 aliphatic heterocycles. The molecule has 2 saturated heterocycles. The van der Waals surface area contributed by atoms with Crippen molar-refractivity contribution in [3.63, 3.8) is 0 Å². The number of hydrogen-bond acceptors (Lipinski definition) is 3. The first kappa shape index (κ1) is 22.6. The maximum Gasteiger partial charge on any atom is 0.321 e. The maximum absolute atomic E-state index is 13.0. The molecule has 0 atom stereocenters. The number of carbonyl (C=O) groups excluding carboxylic acids is 2. The molecule has 2 N–H and O–H groups in total. The molecule has 6 heteroatoms. The Balaban J connectivity index is 1.57. The summed E-state index contributed by atoms with van der Waals surface area (Å²) < 4.78 is 0. The third kappa shape index (κ3) is 5.54. The molecule has 0 aromatic heterocycles. The van der Waals surface area contributed by atoms with Gasteiger partial charge in [-0.1, -0.05) is 52.3 Å². The fourth-order valence-electron chi connectivity index (χ4n) is 4.48.